The van der Waals surface area contributed by atoms with Gasteiger partial charge >= 0.3 is 0 Å². The fourth-order valence-electron chi connectivity index (χ4n) is 1.01. The number of hydrogen-bond donors (Lipinski definition) is 0. The number of fused-ring (bicyclic) bond motifs is 1. The molecule has 1 aliphatic heterocycles. The van der Waals surface area contributed by atoms with Gasteiger partial charge in [0.25, 0.3) is 0 Å². The van der Waals surface area contributed by atoms with Crippen molar-refractivity contribution in [3.8, 4) is 0 Å². The van der Waals surface area contributed by atoms with Crippen LogP contribution < -0.4 is 0 Å². The average Bonchev–Trinajstić information content (AvgIpc) is 2.41. The zero-order valence-electron chi connectivity index (χ0n) is 6.69. The SMILES string of the molecule is O=[C]c1cnc2c(c1)SC=CSC2. The minimum absolute atomic E-state index is 0.520. The van der Waals surface area contributed by atoms with Gasteiger partial charge in [0.2, 0.25) is 6.29 Å². The molecule has 0 fully saturated rings. The highest BCUT2D eigenvalue weighted by atomic mass is 32.2. The van der Waals surface area contributed by atoms with Crippen LogP contribution in [0.4, 0.5) is 0 Å². The van der Waals surface area contributed by atoms with Crippen LogP contribution in [-0.4, -0.2) is 11.3 Å². The van der Waals surface area contributed by atoms with Crippen molar-refractivity contribution in [2.45, 2.75) is 10.6 Å². The van der Waals surface area contributed by atoms with E-state index >= 15 is 0 Å². The Morgan fingerprint density at radius 3 is 3.23 bits per heavy atom. The molecule has 0 N–H and O–H groups in total. The van der Waals surface area contributed by atoms with Crippen LogP contribution in [0.5, 0.6) is 0 Å². The van der Waals surface area contributed by atoms with E-state index in [9.17, 15) is 4.79 Å². The molecule has 4 heteroatoms. The third kappa shape index (κ3) is 1.95. The fourth-order valence-corrected chi connectivity index (χ4v) is 2.72. The molecule has 0 bridgehead atoms. The summed E-state index contributed by atoms with van der Waals surface area (Å²) >= 11 is 3.31. The van der Waals surface area contributed by atoms with Gasteiger partial charge < -0.3 is 0 Å². The molecule has 2 nitrogen and oxygen atoms in total. The summed E-state index contributed by atoms with van der Waals surface area (Å²) in [5.41, 5.74) is 1.56. The van der Waals surface area contributed by atoms with Crippen molar-refractivity contribution < 1.29 is 4.79 Å². The summed E-state index contributed by atoms with van der Waals surface area (Å²) in [7, 11) is 0. The first-order valence-corrected chi connectivity index (χ1v) is 5.63. The van der Waals surface area contributed by atoms with Gasteiger partial charge in [-0.15, -0.1) is 11.8 Å². The molecule has 1 radical (unpaired) electrons. The molecule has 0 saturated carbocycles. The van der Waals surface area contributed by atoms with Gasteiger partial charge in [-0.05, 0) is 16.9 Å². The quantitative estimate of drug-likeness (QED) is 0.708. The van der Waals surface area contributed by atoms with E-state index in [0.29, 0.717) is 5.56 Å². The molecule has 1 aliphatic rings. The summed E-state index contributed by atoms with van der Waals surface area (Å²) in [6, 6.07) is 1.83. The Bertz CT molecular complexity index is 363. The highest BCUT2D eigenvalue weighted by Gasteiger charge is 2.07. The summed E-state index contributed by atoms with van der Waals surface area (Å²) in [6.07, 6.45) is 3.41. The van der Waals surface area contributed by atoms with E-state index in [1.54, 1.807) is 29.7 Å². The lowest BCUT2D eigenvalue weighted by Crippen LogP contribution is -1.91. The second kappa shape index (κ2) is 3.98. The Morgan fingerprint density at radius 1 is 1.46 bits per heavy atom. The molecule has 1 aromatic heterocycles. The molecule has 0 spiro atoms. The number of aromatic nitrogens is 1. The van der Waals surface area contributed by atoms with E-state index in [2.05, 4.69) is 4.98 Å². The van der Waals surface area contributed by atoms with Gasteiger partial charge in [-0.2, -0.15) is 0 Å². The van der Waals surface area contributed by atoms with Crippen LogP contribution in [-0.2, 0) is 10.5 Å². The Labute approximate surface area is 84.8 Å². The molecule has 65 valence electrons. The number of carbonyl (C=O) groups excluding carboxylic acids is 1. The standard InChI is InChI=1S/C9H6NOS2/c11-5-7-3-9-8(10-4-7)6-12-1-2-13-9/h1-4H,6H2. The lowest BCUT2D eigenvalue weighted by Gasteiger charge is -2.02. The molecular formula is C9H6NOS2. The topological polar surface area (TPSA) is 30.0 Å². The maximum Gasteiger partial charge on any atom is 0.235 e. The number of pyridine rings is 1. The lowest BCUT2D eigenvalue weighted by atomic mass is 10.3. The van der Waals surface area contributed by atoms with Crippen molar-refractivity contribution in [2.24, 2.45) is 0 Å². The molecule has 0 aliphatic carbocycles. The van der Waals surface area contributed by atoms with Gasteiger partial charge in [0.15, 0.2) is 0 Å². The van der Waals surface area contributed by atoms with E-state index in [4.69, 9.17) is 0 Å². The van der Waals surface area contributed by atoms with Crippen LogP contribution >= 0.6 is 23.5 Å². The van der Waals surface area contributed by atoms with Crippen LogP contribution in [0, 0.1) is 0 Å². The number of hydrogen-bond acceptors (Lipinski definition) is 4. The van der Waals surface area contributed by atoms with Gasteiger partial charge in [0.1, 0.15) is 0 Å². The molecule has 0 atom stereocenters. The van der Waals surface area contributed by atoms with Crippen LogP contribution in [0.3, 0.4) is 0 Å². The summed E-state index contributed by atoms with van der Waals surface area (Å²) < 4.78 is 0. The Morgan fingerprint density at radius 2 is 2.38 bits per heavy atom. The molecule has 0 aromatic carbocycles. The van der Waals surface area contributed by atoms with Crippen molar-refractivity contribution in [3.05, 3.63) is 34.3 Å². The van der Waals surface area contributed by atoms with Crippen LogP contribution in [0.25, 0.3) is 0 Å². The molecule has 0 saturated heterocycles. The highest BCUT2D eigenvalue weighted by Crippen LogP contribution is 2.30. The zero-order chi connectivity index (χ0) is 9.10. The van der Waals surface area contributed by atoms with Gasteiger partial charge in [0.05, 0.1) is 5.69 Å². The summed E-state index contributed by atoms with van der Waals surface area (Å²) in [5.74, 6) is 0.873. The number of nitrogens with zero attached hydrogens (tertiary/aromatic N) is 1. The first-order chi connectivity index (χ1) is 6.40. The molecule has 1 aromatic rings. The molecule has 2 heterocycles. The van der Waals surface area contributed by atoms with Gasteiger partial charge in [-0.25, -0.2) is 0 Å². The number of thioether (sulfide) groups is 2. The Balaban J connectivity index is 2.42. The first kappa shape index (κ1) is 8.84. The predicted molar refractivity (Wildman–Crippen MR) is 55.3 cm³/mol. The van der Waals surface area contributed by atoms with Crippen LogP contribution in [0.2, 0.25) is 0 Å². The molecule has 13 heavy (non-hydrogen) atoms. The highest BCUT2D eigenvalue weighted by molar-refractivity contribution is 8.05. The van der Waals surface area contributed by atoms with E-state index in [0.717, 1.165) is 16.3 Å². The molecule has 2 rings (SSSR count). The van der Waals surface area contributed by atoms with Gasteiger partial charge in [0, 0.05) is 22.4 Å². The third-order valence-corrected chi connectivity index (χ3v) is 3.44. The molecular weight excluding hydrogens is 202 g/mol. The van der Waals surface area contributed by atoms with Crippen molar-refractivity contribution in [2.75, 3.05) is 0 Å². The van der Waals surface area contributed by atoms with Gasteiger partial charge in [-0.3, -0.25) is 9.78 Å². The fraction of sp³-hybridized carbons (Fsp3) is 0.111. The van der Waals surface area contributed by atoms with Gasteiger partial charge in [-0.1, -0.05) is 11.8 Å². The number of rotatable bonds is 1. The van der Waals surface area contributed by atoms with Crippen molar-refractivity contribution >= 4 is 29.8 Å². The average molecular weight is 208 g/mol. The Hall–Kier alpha value is -0.740. The monoisotopic (exact) mass is 208 g/mol. The van der Waals surface area contributed by atoms with E-state index in [1.165, 1.54) is 0 Å². The van der Waals surface area contributed by atoms with Crippen molar-refractivity contribution in [3.63, 3.8) is 0 Å². The second-order valence-corrected chi connectivity index (χ2v) is 4.31. The van der Waals surface area contributed by atoms with E-state index < -0.39 is 0 Å². The third-order valence-electron chi connectivity index (χ3n) is 1.62. The Kier molecular flexibility index (Phi) is 2.71. The summed E-state index contributed by atoms with van der Waals surface area (Å²) in [6.45, 7) is 0. The smallest absolute Gasteiger partial charge is 0.235 e. The summed E-state index contributed by atoms with van der Waals surface area (Å²) in [5, 5.41) is 4.05. The minimum Gasteiger partial charge on any atom is -0.285 e. The zero-order valence-corrected chi connectivity index (χ0v) is 8.32. The largest absolute Gasteiger partial charge is 0.285 e. The first-order valence-electron chi connectivity index (χ1n) is 3.70. The minimum atomic E-state index is 0.520. The van der Waals surface area contributed by atoms with Crippen LogP contribution in [0.15, 0.2) is 28.0 Å². The van der Waals surface area contributed by atoms with Crippen LogP contribution in [0.1, 0.15) is 11.3 Å². The second-order valence-electron chi connectivity index (χ2n) is 2.47. The normalized spacial score (nSPS) is 14.8. The summed E-state index contributed by atoms with van der Waals surface area (Å²) in [4.78, 5) is 15.6. The van der Waals surface area contributed by atoms with E-state index in [1.807, 2.05) is 23.2 Å². The lowest BCUT2D eigenvalue weighted by molar-refractivity contribution is 0.562. The maximum absolute atomic E-state index is 10.4. The predicted octanol–water partition coefficient (Wildman–Crippen LogP) is 2.35. The van der Waals surface area contributed by atoms with E-state index in [-0.39, 0.29) is 0 Å². The van der Waals surface area contributed by atoms with Crippen molar-refractivity contribution in [1.29, 1.82) is 0 Å². The molecule has 0 unspecified atom stereocenters. The maximum atomic E-state index is 10.4. The van der Waals surface area contributed by atoms with Crippen molar-refractivity contribution in [1.82, 2.24) is 4.98 Å². The molecule has 0 amide bonds.